The van der Waals surface area contributed by atoms with E-state index in [1.54, 1.807) is 7.11 Å². The number of hydrogen-bond acceptors (Lipinski definition) is 4. The van der Waals surface area contributed by atoms with Crippen LogP contribution in [0.25, 0.3) is 5.65 Å². The van der Waals surface area contributed by atoms with Crippen LogP contribution in [0.5, 0.6) is 5.75 Å². The zero-order chi connectivity index (χ0) is 13.2. The quantitative estimate of drug-likeness (QED) is 0.841. The molecule has 0 N–H and O–H groups in total. The van der Waals surface area contributed by atoms with Gasteiger partial charge in [-0.1, -0.05) is 0 Å². The molecule has 102 valence electrons. The molecule has 0 spiro atoms. The standard InChI is InChI=1S/C14H20N4O/c1-17-8-5-11(6-9-17)10-13-15-14-12(19-2)4-3-7-18(14)16-13/h3-4,7,11H,5-6,8-10H2,1-2H3. The Balaban J connectivity index is 1.78. The molecule has 0 radical (unpaired) electrons. The van der Waals surface area contributed by atoms with Crippen molar-refractivity contribution in [1.82, 2.24) is 19.5 Å². The van der Waals surface area contributed by atoms with Crippen LogP contribution in [0.15, 0.2) is 18.3 Å². The van der Waals surface area contributed by atoms with E-state index in [9.17, 15) is 0 Å². The van der Waals surface area contributed by atoms with E-state index in [0.29, 0.717) is 5.92 Å². The van der Waals surface area contributed by atoms with Crippen LogP contribution < -0.4 is 4.74 Å². The Bertz CT molecular complexity index is 558. The number of aromatic nitrogens is 3. The maximum atomic E-state index is 5.31. The van der Waals surface area contributed by atoms with Gasteiger partial charge >= 0.3 is 0 Å². The molecule has 5 heteroatoms. The van der Waals surface area contributed by atoms with Gasteiger partial charge in [0.1, 0.15) is 0 Å². The summed E-state index contributed by atoms with van der Waals surface area (Å²) in [5, 5.41) is 4.55. The Morgan fingerprint density at radius 1 is 1.37 bits per heavy atom. The molecular formula is C14H20N4O. The average Bonchev–Trinajstić information content (AvgIpc) is 2.83. The number of likely N-dealkylation sites (tertiary alicyclic amines) is 1. The molecule has 3 heterocycles. The highest BCUT2D eigenvalue weighted by molar-refractivity contribution is 5.52. The number of fused-ring (bicyclic) bond motifs is 1. The first kappa shape index (κ1) is 12.4. The van der Waals surface area contributed by atoms with Gasteiger partial charge in [0.2, 0.25) is 0 Å². The molecule has 1 fully saturated rings. The van der Waals surface area contributed by atoms with Crippen LogP contribution in [-0.4, -0.2) is 46.7 Å². The van der Waals surface area contributed by atoms with E-state index in [1.165, 1.54) is 25.9 Å². The fourth-order valence-electron chi connectivity index (χ4n) is 2.70. The van der Waals surface area contributed by atoms with Gasteiger partial charge in [-0.05, 0) is 51.0 Å². The van der Waals surface area contributed by atoms with Gasteiger partial charge in [0, 0.05) is 12.6 Å². The third-order valence-corrected chi connectivity index (χ3v) is 3.90. The minimum Gasteiger partial charge on any atom is -0.493 e. The third-order valence-electron chi connectivity index (χ3n) is 3.90. The first-order valence-electron chi connectivity index (χ1n) is 6.83. The van der Waals surface area contributed by atoms with E-state index in [1.807, 2.05) is 22.8 Å². The lowest BCUT2D eigenvalue weighted by atomic mass is 9.94. The molecule has 19 heavy (non-hydrogen) atoms. The fourth-order valence-corrected chi connectivity index (χ4v) is 2.70. The fraction of sp³-hybridized carbons (Fsp3) is 0.571. The lowest BCUT2D eigenvalue weighted by molar-refractivity contribution is 0.217. The molecule has 5 nitrogen and oxygen atoms in total. The predicted octanol–water partition coefficient (Wildman–Crippen LogP) is 1.62. The van der Waals surface area contributed by atoms with Gasteiger partial charge in [-0.15, -0.1) is 0 Å². The molecule has 3 rings (SSSR count). The van der Waals surface area contributed by atoms with E-state index < -0.39 is 0 Å². The first-order chi connectivity index (χ1) is 9.26. The van der Waals surface area contributed by atoms with Crippen LogP contribution in [0.1, 0.15) is 18.7 Å². The summed E-state index contributed by atoms with van der Waals surface area (Å²) in [6.07, 6.45) is 5.37. The van der Waals surface area contributed by atoms with Gasteiger partial charge in [-0.25, -0.2) is 9.50 Å². The van der Waals surface area contributed by atoms with Crippen molar-refractivity contribution in [2.45, 2.75) is 19.3 Å². The minimum absolute atomic E-state index is 0.708. The number of hydrogen-bond donors (Lipinski definition) is 0. The molecule has 2 aromatic rings. The largest absolute Gasteiger partial charge is 0.493 e. The molecule has 1 saturated heterocycles. The molecule has 1 aliphatic heterocycles. The Hall–Kier alpha value is -1.62. The lowest BCUT2D eigenvalue weighted by Gasteiger charge is -2.28. The SMILES string of the molecule is COc1cccn2nc(CC3CCN(C)CC3)nc12. The van der Waals surface area contributed by atoms with Crippen molar-refractivity contribution in [3.8, 4) is 5.75 Å². The number of nitrogens with zero attached hydrogens (tertiary/aromatic N) is 4. The average molecular weight is 260 g/mol. The van der Waals surface area contributed by atoms with Crippen molar-refractivity contribution < 1.29 is 4.74 Å². The maximum Gasteiger partial charge on any atom is 0.198 e. The smallest absolute Gasteiger partial charge is 0.198 e. The highest BCUT2D eigenvalue weighted by atomic mass is 16.5. The maximum absolute atomic E-state index is 5.31. The van der Waals surface area contributed by atoms with E-state index in [0.717, 1.165) is 23.6 Å². The van der Waals surface area contributed by atoms with Crippen LogP contribution in [0.2, 0.25) is 0 Å². The van der Waals surface area contributed by atoms with Crippen molar-refractivity contribution in [3.63, 3.8) is 0 Å². The lowest BCUT2D eigenvalue weighted by Crippen LogP contribution is -2.31. The Labute approximate surface area is 113 Å². The zero-order valence-corrected chi connectivity index (χ0v) is 11.5. The minimum atomic E-state index is 0.708. The van der Waals surface area contributed by atoms with Crippen LogP contribution >= 0.6 is 0 Å². The molecule has 0 amide bonds. The van der Waals surface area contributed by atoms with Crippen molar-refractivity contribution in [2.24, 2.45) is 5.92 Å². The Morgan fingerprint density at radius 3 is 2.89 bits per heavy atom. The monoisotopic (exact) mass is 260 g/mol. The van der Waals surface area contributed by atoms with E-state index in [4.69, 9.17) is 4.74 Å². The number of rotatable bonds is 3. The summed E-state index contributed by atoms with van der Waals surface area (Å²) in [6.45, 7) is 2.36. The molecule has 0 aromatic carbocycles. The van der Waals surface area contributed by atoms with Gasteiger partial charge in [0.25, 0.3) is 0 Å². The van der Waals surface area contributed by atoms with Crippen LogP contribution in [-0.2, 0) is 6.42 Å². The second-order valence-electron chi connectivity index (χ2n) is 5.32. The highest BCUT2D eigenvalue weighted by Gasteiger charge is 2.19. The summed E-state index contributed by atoms with van der Waals surface area (Å²) >= 11 is 0. The molecule has 0 saturated carbocycles. The number of piperidine rings is 1. The molecule has 0 atom stereocenters. The third kappa shape index (κ3) is 2.56. The summed E-state index contributed by atoms with van der Waals surface area (Å²) in [5.74, 6) is 2.42. The molecule has 0 unspecified atom stereocenters. The second-order valence-corrected chi connectivity index (χ2v) is 5.32. The van der Waals surface area contributed by atoms with Gasteiger partial charge in [0.05, 0.1) is 7.11 Å². The van der Waals surface area contributed by atoms with Crippen molar-refractivity contribution in [1.29, 1.82) is 0 Å². The summed E-state index contributed by atoms with van der Waals surface area (Å²) in [7, 11) is 3.85. The molecular weight excluding hydrogens is 240 g/mol. The predicted molar refractivity (Wildman–Crippen MR) is 73.5 cm³/mol. The molecule has 0 bridgehead atoms. The molecule has 1 aliphatic rings. The number of ether oxygens (including phenoxy) is 1. The van der Waals surface area contributed by atoms with Crippen molar-refractivity contribution in [2.75, 3.05) is 27.2 Å². The first-order valence-corrected chi connectivity index (χ1v) is 6.83. The molecule has 0 aliphatic carbocycles. The van der Waals surface area contributed by atoms with Crippen molar-refractivity contribution >= 4 is 5.65 Å². The Kier molecular flexibility index (Phi) is 3.38. The van der Waals surface area contributed by atoms with Crippen LogP contribution in [0, 0.1) is 5.92 Å². The van der Waals surface area contributed by atoms with Crippen LogP contribution in [0.4, 0.5) is 0 Å². The summed E-state index contributed by atoms with van der Waals surface area (Å²) < 4.78 is 7.12. The van der Waals surface area contributed by atoms with E-state index in [2.05, 4.69) is 22.0 Å². The Morgan fingerprint density at radius 2 is 2.16 bits per heavy atom. The van der Waals surface area contributed by atoms with Gasteiger partial charge < -0.3 is 9.64 Å². The zero-order valence-electron chi connectivity index (χ0n) is 11.5. The van der Waals surface area contributed by atoms with Crippen molar-refractivity contribution in [3.05, 3.63) is 24.2 Å². The number of pyridine rings is 1. The van der Waals surface area contributed by atoms with E-state index >= 15 is 0 Å². The van der Waals surface area contributed by atoms with Gasteiger partial charge in [-0.3, -0.25) is 0 Å². The second kappa shape index (κ2) is 5.17. The molecule has 2 aromatic heterocycles. The highest BCUT2D eigenvalue weighted by Crippen LogP contribution is 2.22. The summed E-state index contributed by atoms with van der Waals surface area (Å²) in [6, 6.07) is 3.85. The van der Waals surface area contributed by atoms with Gasteiger partial charge in [0.15, 0.2) is 17.2 Å². The number of methoxy groups -OCH3 is 1. The summed E-state index contributed by atoms with van der Waals surface area (Å²) in [5.41, 5.74) is 0.813. The van der Waals surface area contributed by atoms with Gasteiger partial charge in [-0.2, -0.15) is 5.10 Å². The van der Waals surface area contributed by atoms with E-state index in [-0.39, 0.29) is 0 Å². The summed E-state index contributed by atoms with van der Waals surface area (Å²) in [4.78, 5) is 7.00. The normalized spacial score (nSPS) is 18.0. The van der Waals surface area contributed by atoms with Crippen LogP contribution in [0.3, 0.4) is 0 Å². The topological polar surface area (TPSA) is 42.7 Å².